The molecule has 1 aliphatic rings. The van der Waals surface area contributed by atoms with Crippen LogP contribution >= 0.6 is 0 Å². The van der Waals surface area contributed by atoms with E-state index in [0.29, 0.717) is 22.5 Å². The standard InChI is InChI=1S/C18H15FN2O3/c1-10(22)12-4-2-3-5-15(12)21-18(24)14-9-17(23)20-16-8-11(19)6-7-13(14)16/h2-8,14H,9H2,1H3,(H,20,23)(H,21,24). The van der Waals surface area contributed by atoms with Gasteiger partial charge in [-0.1, -0.05) is 18.2 Å². The Morgan fingerprint density at radius 3 is 2.71 bits per heavy atom. The van der Waals surface area contributed by atoms with Gasteiger partial charge in [-0.25, -0.2) is 4.39 Å². The first-order chi connectivity index (χ1) is 11.5. The molecule has 2 N–H and O–H groups in total. The molecule has 0 aliphatic carbocycles. The summed E-state index contributed by atoms with van der Waals surface area (Å²) in [5.41, 5.74) is 1.63. The topological polar surface area (TPSA) is 75.3 Å². The lowest BCUT2D eigenvalue weighted by Crippen LogP contribution is -2.31. The molecule has 0 fully saturated rings. The lowest BCUT2D eigenvalue weighted by molar-refractivity contribution is -0.123. The highest BCUT2D eigenvalue weighted by Gasteiger charge is 2.31. The van der Waals surface area contributed by atoms with Gasteiger partial charge in [0.25, 0.3) is 0 Å². The number of nitrogens with one attached hydrogen (secondary N) is 2. The SMILES string of the molecule is CC(=O)c1ccccc1NC(=O)C1CC(=O)Nc2cc(F)ccc21. The number of ketones is 1. The maximum Gasteiger partial charge on any atom is 0.232 e. The van der Waals surface area contributed by atoms with Crippen molar-refractivity contribution in [1.82, 2.24) is 0 Å². The Balaban J connectivity index is 1.92. The number of carbonyl (C=O) groups is 3. The molecule has 0 saturated carbocycles. The highest BCUT2D eigenvalue weighted by molar-refractivity contribution is 6.08. The van der Waals surface area contributed by atoms with E-state index in [0.717, 1.165) is 0 Å². The number of hydrogen-bond acceptors (Lipinski definition) is 3. The maximum absolute atomic E-state index is 13.3. The van der Waals surface area contributed by atoms with Crippen LogP contribution in [-0.4, -0.2) is 17.6 Å². The molecule has 2 aromatic rings. The molecule has 1 aliphatic heterocycles. The Labute approximate surface area is 137 Å². The minimum absolute atomic E-state index is 0.0350. The lowest BCUT2D eigenvalue weighted by atomic mass is 9.89. The van der Waals surface area contributed by atoms with Crippen LogP contribution in [0.4, 0.5) is 15.8 Å². The second-order valence-corrected chi connectivity index (χ2v) is 5.63. The highest BCUT2D eigenvalue weighted by atomic mass is 19.1. The second-order valence-electron chi connectivity index (χ2n) is 5.63. The average Bonchev–Trinajstić information content (AvgIpc) is 2.53. The van der Waals surface area contributed by atoms with Gasteiger partial charge in [-0.2, -0.15) is 0 Å². The molecule has 2 amide bonds. The first-order valence-electron chi connectivity index (χ1n) is 7.46. The summed E-state index contributed by atoms with van der Waals surface area (Å²) in [4.78, 5) is 36.1. The quantitative estimate of drug-likeness (QED) is 0.851. The number of amides is 2. The summed E-state index contributed by atoms with van der Waals surface area (Å²) < 4.78 is 13.3. The molecule has 2 aromatic carbocycles. The molecule has 122 valence electrons. The van der Waals surface area contributed by atoms with E-state index in [1.807, 2.05) is 0 Å². The third-order valence-corrected chi connectivity index (χ3v) is 3.94. The molecule has 0 spiro atoms. The molecular weight excluding hydrogens is 311 g/mol. The predicted molar refractivity (Wildman–Crippen MR) is 87.5 cm³/mol. The van der Waals surface area contributed by atoms with Gasteiger partial charge in [-0.15, -0.1) is 0 Å². The summed E-state index contributed by atoms with van der Waals surface area (Å²) in [5, 5.41) is 5.27. The highest BCUT2D eigenvalue weighted by Crippen LogP contribution is 2.33. The number of Topliss-reactive ketones (excluding diaryl/α,β-unsaturated/α-hetero) is 1. The average molecular weight is 326 g/mol. The molecule has 6 heteroatoms. The van der Waals surface area contributed by atoms with E-state index in [1.165, 1.54) is 25.1 Å². The van der Waals surface area contributed by atoms with Crippen LogP contribution in [0.3, 0.4) is 0 Å². The first kappa shape index (κ1) is 15.9. The summed E-state index contributed by atoms with van der Waals surface area (Å²) in [7, 11) is 0. The van der Waals surface area contributed by atoms with Crippen LogP contribution in [-0.2, 0) is 9.59 Å². The van der Waals surface area contributed by atoms with Gasteiger partial charge >= 0.3 is 0 Å². The van der Waals surface area contributed by atoms with Gasteiger partial charge in [-0.3, -0.25) is 14.4 Å². The van der Waals surface area contributed by atoms with Crippen molar-refractivity contribution in [2.24, 2.45) is 0 Å². The minimum atomic E-state index is -0.741. The number of carbonyl (C=O) groups excluding carboxylic acids is 3. The number of halogens is 1. The number of fused-ring (bicyclic) bond motifs is 1. The normalized spacial score (nSPS) is 16.1. The Kier molecular flexibility index (Phi) is 4.12. The zero-order valence-corrected chi connectivity index (χ0v) is 12.9. The van der Waals surface area contributed by atoms with E-state index in [4.69, 9.17) is 0 Å². The van der Waals surface area contributed by atoms with Crippen LogP contribution in [0.5, 0.6) is 0 Å². The van der Waals surface area contributed by atoms with Crippen LogP contribution in [0.1, 0.15) is 35.2 Å². The molecule has 1 unspecified atom stereocenters. The Morgan fingerprint density at radius 1 is 1.21 bits per heavy atom. The van der Waals surface area contributed by atoms with Crippen molar-refractivity contribution in [3.8, 4) is 0 Å². The summed E-state index contributed by atoms with van der Waals surface area (Å²) in [5.74, 6) is -2.17. The molecule has 0 saturated heterocycles. The van der Waals surface area contributed by atoms with Crippen LogP contribution in [0.15, 0.2) is 42.5 Å². The Morgan fingerprint density at radius 2 is 1.96 bits per heavy atom. The molecule has 0 aromatic heterocycles. The van der Waals surface area contributed by atoms with Gasteiger partial charge in [0.2, 0.25) is 11.8 Å². The summed E-state index contributed by atoms with van der Waals surface area (Å²) in [6, 6.07) is 10.6. The molecule has 5 nitrogen and oxygen atoms in total. The van der Waals surface area contributed by atoms with Gasteiger partial charge in [0.15, 0.2) is 5.78 Å². The van der Waals surface area contributed by atoms with Gasteiger partial charge in [0.05, 0.1) is 11.6 Å². The Bertz CT molecular complexity index is 848. The van der Waals surface area contributed by atoms with Gasteiger partial charge < -0.3 is 10.6 Å². The van der Waals surface area contributed by atoms with E-state index in [1.54, 1.807) is 24.3 Å². The minimum Gasteiger partial charge on any atom is -0.326 e. The van der Waals surface area contributed by atoms with E-state index in [9.17, 15) is 18.8 Å². The number of para-hydroxylation sites is 1. The summed E-state index contributed by atoms with van der Waals surface area (Å²) in [6.45, 7) is 1.41. The van der Waals surface area contributed by atoms with Crippen LogP contribution < -0.4 is 10.6 Å². The van der Waals surface area contributed by atoms with Crippen LogP contribution in [0, 0.1) is 5.82 Å². The molecule has 0 bridgehead atoms. The van der Waals surface area contributed by atoms with E-state index >= 15 is 0 Å². The smallest absolute Gasteiger partial charge is 0.232 e. The van der Waals surface area contributed by atoms with Crippen molar-refractivity contribution in [3.63, 3.8) is 0 Å². The predicted octanol–water partition coefficient (Wildman–Crippen LogP) is 3.09. The summed E-state index contributed by atoms with van der Waals surface area (Å²) >= 11 is 0. The van der Waals surface area contributed by atoms with Crippen molar-refractivity contribution in [2.45, 2.75) is 19.3 Å². The zero-order valence-electron chi connectivity index (χ0n) is 12.9. The summed E-state index contributed by atoms with van der Waals surface area (Å²) in [6.07, 6.45) is -0.0350. The third kappa shape index (κ3) is 3.03. The fourth-order valence-electron chi connectivity index (χ4n) is 2.79. The fraction of sp³-hybridized carbons (Fsp3) is 0.167. The molecule has 1 atom stereocenters. The van der Waals surface area contributed by atoms with Crippen LogP contribution in [0.2, 0.25) is 0 Å². The monoisotopic (exact) mass is 326 g/mol. The number of rotatable bonds is 3. The van der Waals surface area contributed by atoms with Crippen molar-refractivity contribution < 1.29 is 18.8 Å². The van der Waals surface area contributed by atoms with Gasteiger partial charge in [-0.05, 0) is 36.8 Å². The van der Waals surface area contributed by atoms with E-state index in [2.05, 4.69) is 10.6 Å². The maximum atomic E-state index is 13.3. The van der Waals surface area contributed by atoms with E-state index in [-0.39, 0.29) is 18.1 Å². The van der Waals surface area contributed by atoms with Crippen molar-refractivity contribution in [2.75, 3.05) is 10.6 Å². The molecular formula is C18H15FN2O3. The molecule has 1 heterocycles. The lowest BCUT2D eigenvalue weighted by Gasteiger charge is -2.25. The number of hydrogen-bond donors (Lipinski definition) is 2. The second kappa shape index (κ2) is 6.23. The zero-order chi connectivity index (χ0) is 17.3. The molecule has 3 rings (SSSR count). The largest absolute Gasteiger partial charge is 0.326 e. The van der Waals surface area contributed by atoms with Gasteiger partial charge in [0, 0.05) is 17.7 Å². The van der Waals surface area contributed by atoms with Crippen LogP contribution in [0.25, 0.3) is 0 Å². The van der Waals surface area contributed by atoms with Crippen molar-refractivity contribution in [1.29, 1.82) is 0 Å². The first-order valence-corrected chi connectivity index (χ1v) is 7.46. The van der Waals surface area contributed by atoms with Crippen molar-refractivity contribution >= 4 is 29.0 Å². The fourth-order valence-corrected chi connectivity index (χ4v) is 2.79. The number of anilines is 2. The van der Waals surface area contributed by atoms with E-state index < -0.39 is 17.6 Å². The third-order valence-electron chi connectivity index (χ3n) is 3.94. The number of benzene rings is 2. The van der Waals surface area contributed by atoms with Crippen molar-refractivity contribution in [3.05, 3.63) is 59.4 Å². The Hall–Kier alpha value is -3.02. The van der Waals surface area contributed by atoms with Gasteiger partial charge in [0.1, 0.15) is 5.82 Å². The molecule has 0 radical (unpaired) electrons. The molecule has 24 heavy (non-hydrogen) atoms.